The number of ether oxygens (including phenoxy) is 1. The van der Waals surface area contributed by atoms with Gasteiger partial charge >= 0.3 is 0 Å². The Labute approximate surface area is 77.7 Å². The molecule has 0 amide bonds. The second-order valence-electron chi connectivity index (χ2n) is 4.07. The van der Waals surface area contributed by atoms with Crippen LogP contribution in [0.15, 0.2) is 0 Å². The van der Waals surface area contributed by atoms with Crippen molar-refractivity contribution in [3.63, 3.8) is 0 Å². The first kappa shape index (κ1) is 9.39. The molecule has 2 heterocycles. The lowest BCUT2D eigenvalue weighted by molar-refractivity contribution is 0.0878. The highest BCUT2D eigenvalue weighted by atomic mass is 32.2. The summed E-state index contributed by atoms with van der Waals surface area (Å²) >= 11 is 0. The first-order chi connectivity index (χ1) is 5.99. The first-order valence-electron chi connectivity index (χ1n) is 4.32. The molecule has 0 aromatic heterocycles. The van der Waals surface area contributed by atoms with E-state index in [9.17, 15) is 8.42 Å². The molecule has 13 heavy (non-hydrogen) atoms. The molecule has 0 aliphatic carbocycles. The predicted octanol–water partition coefficient (Wildman–Crippen LogP) is -1.35. The third-order valence-corrected chi connectivity index (χ3v) is 3.54. The third kappa shape index (κ3) is 2.01. The van der Waals surface area contributed by atoms with E-state index in [0.717, 1.165) is 19.5 Å². The zero-order valence-corrected chi connectivity index (χ0v) is 8.14. The van der Waals surface area contributed by atoms with Gasteiger partial charge in [-0.05, 0) is 6.42 Å². The van der Waals surface area contributed by atoms with Gasteiger partial charge in [-0.25, -0.2) is 13.6 Å². The molecule has 0 radical (unpaired) electrons. The van der Waals surface area contributed by atoms with E-state index < -0.39 is 10.0 Å². The lowest BCUT2D eigenvalue weighted by Crippen LogP contribution is -2.54. The molecule has 6 heteroatoms. The van der Waals surface area contributed by atoms with Crippen LogP contribution in [0, 0.1) is 5.41 Å². The van der Waals surface area contributed by atoms with Crippen LogP contribution >= 0.6 is 0 Å². The Morgan fingerprint density at radius 3 is 2.62 bits per heavy atom. The second-order valence-corrected chi connectivity index (χ2v) is 5.73. The van der Waals surface area contributed by atoms with Crippen molar-refractivity contribution in [2.75, 3.05) is 25.4 Å². The monoisotopic (exact) mass is 206 g/mol. The van der Waals surface area contributed by atoms with Crippen LogP contribution < -0.4 is 10.5 Å². The number of nitrogens with two attached hydrogens (primary N) is 1. The minimum absolute atomic E-state index is 0.0469. The Morgan fingerprint density at radius 2 is 2.23 bits per heavy atom. The molecular weight excluding hydrogens is 192 g/mol. The number of hydrogen-bond donors (Lipinski definition) is 2. The van der Waals surface area contributed by atoms with Gasteiger partial charge in [0.2, 0.25) is 10.0 Å². The van der Waals surface area contributed by atoms with Crippen LogP contribution in [0.4, 0.5) is 0 Å². The average Bonchev–Trinajstić information content (AvgIpc) is 2.26. The Morgan fingerprint density at radius 1 is 1.54 bits per heavy atom. The largest absolute Gasteiger partial charge is 0.376 e. The van der Waals surface area contributed by atoms with Gasteiger partial charge in [0.1, 0.15) is 0 Å². The van der Waals surface area contributed by atoms with Crippen LogP contribution in [0.1, 0.15) is 6.42 Å². The van der Waals surface area contributed by atoms with E-state index in [1.807, 2.05) is 0 Å². The Kier molecular flexibility index (Phi) is 2.10. The van der Waals surface area contributed by atoms with E-state index in [4.69, 9.17) is 9.88 Å². The van der Waals surface area contributed by atoms with Gasteiger partial charge < -0.3 is 10.1 Å². The number of hydrogen-bond acceptors (Lipinski definition) is 4. The van der Waals surface area contributed by atoms with E-state index >= 15 is 0 Å². The van der Waals surface area contributed by atoms with Crippen LogP contribution in [-0.2, 0) is 14.8 Å². The third-order valence-electron chi connectivity index (χ3n) is 2.70. The number of nitrogens with one attached hydrogen (secondary N) is 1. The predicted molar refractivity (Wildman–Crippen MR) is 47.6 cm³/mol. The Bertz CT molecular complexity index is 297. The van der Waals surface area contributed by atoms with Gasteiger partial charge in [0, 0.05) is 18.5 Å². The van der Waals surface area contributed by atoms with Gasteiger partial charge in [0.15, 0.2) is 0 Å². The van der Waals surface area contributed by atoms with Crippen molar-refractivity contribution in [3.05, 3.63) is 0 Å². The first-order valence-corrected chi connectivity index (χ1v) is 6.04. The van der Waals surface area contributed by atoms with E-state index in [2.05, 4.69) is 5.32 Å². The molecule has 2 fully saturated rings. The number of sulfonamides is 1. The summed E-state index contributed by atoms with van der Waals surface area (Å²) in [6.45, 7) is 2.54. The molecule has 1 unspecified atom stereocenters. The molecule has 1 spiro atoms. The zero-order chi connectivity index (χ0) is 9.53. The minimum atomic E-state index is -3.39. The van der Waals surface area contributed by atoms with E-state index in [-0.39, 0.29) is 17.3 Å². The molecule has 0 saturated carbocycles. The lowest BCUT2D eigenvalue weighted by Gasteiger charge is -2.37. The molecule has 3 N–H and O–H groups in total. The number of rotatable bonds is 2. The van der Waals surface area contributed by atoms with Crippen LogP contribution in [0.5, 0.6) is 0 Å². The fourth-order valence-corrected chi connectivity index (χ4v) is 2.72. The summed E-state index contributed by atoms with van der Waals surface area (Å²) in [4.78, 5) is 0. The quantitative estimate of drug-likeness (QED) is 0.585. The normalized spacial score (nSPS) is 31.9. The van der Waals surface area contributed by atoms with Crippen LogP contribution in [0.25, 0.3) is 0 Å². The van der Waals surface area contributed by atoms with E-state index in [1.54, 1.807) is 0 Å². The molecule has 76 valence electrons. The molecule has 1 atom stereocenters. The highest BCUT2D eigenvalue weighted by Gasteiger charge is 2.45. The topological polar surface area (TPSA) is 81.4 Å². The van der Waals surface area contributed by atoms with Crippen molar-refractivity contribution in [2.45, 2.75) is 12.5 Å². The van der Waals surface area contributed by atoms with Gasteiger partial charge in [-0.15, -0.1) is 0 Å². The van der Waals surface area contributed by atoms with Gasteiger partial charge in [-0.2, -0.15) is 0 Å². The lowest BCUT2D eigenvalue weighted by atomic mass is 9.80. The summed E-state index contributed by atoms with van der Waals surface area (Å²) in [5.41, 5.74) is 0.204. The van der Waals surface area contributed by atoms with Crippen molar-refractivity contribution in [2.24, 2.45) is 10.6 Å². The maximum Gasteiger partial charge on any atom is 0.211 e. The smallest absolute Gasteiger partial charge is 0.211 e. The van der Waals surface area contributed by atoms with E-state index in [1.165, 1.54) is 0 Å². The van der Waals surface area contributed by atoms with Crippen molar-refractivity contribution >= 4 is 10.0 Å². The summed E-state index contributed by atoms with van der Waals surface area (Å²) in [6, 6.07) is 0. The minimum Gasteiger partial charge on any atom is -0.376 e. The van der Waals surface area contributed by atoms with Gasteiger partial charge in [-0.1, -0.05) is 0 Å². The van der Waals surface area contributed by atoms with Crippen LogP contribution in [0.3, 0.4) is 0 Å². The molecule has 2 saturated heterocycles. The maximum atomic E-state index is 10.8. The highest BCUT2D eigenvalue weighted by Crippen LogP contribution is 2.36. The molecule has 2 rings (SSSR count). The summed E-state index contributed by atoms with van der Waals surface area (Å²) in [7, 11) is -3.39. The van der Waals surface area contributed by atoms with Crippen molar-refractivity contribution in [1.82, 2.24) is 5.32 Å². The van der Waals surface area contributed by atoms with Crippen LogP contribution in [0.2, 0.25) is 0 Å². The summed E-state index contributed by atoms with van der Waals surface area (Å²) < 4.78 is 27.0. The average molecular weight is 206 g/mol. The number of primary sulfonamides is 1. The standard InChI is InChI=1S/C7H14N2O3S/c8-13(10,11)2-6-1-7(5-12-6)3-9-4-7/h6,9H,1-5H2,(H2,8,10,11). The Balaban J connectivity index is 1.91. The fourth-order valence-electron chi connectivity index (χ4n) is 1.99. The second kappa shape index (κ2) is 2.91. The molecule has 0 aromatic carbocycles. The van der Waals surface area contributed by atoms with Crippen molar-refractivity contribution in [1.29, 1.82) is 0 Å². The van der Waals surface area contributed by atoms with Gasteiger partial charge in [-0.3, -0.25) is 0 Å². The van der Waals surface area contributed by atoms with Crippen LogP contribution in [-0.4, -0.2) is 40.0 Å². The summed E-state index contributed by atoms with van der Waals surface area (Å²) in [6.07, 6.45) is 0.619. The molecule has 0 bridgehead atoms. The van der Waals surface area contributed by atoms with Crippen molar-refractivity contribution in [3.8, 4) is 0 Å². The fraction of sp³-hybridized carbons (Fsp3) is 1.00. The molecular formula is C7H14N2O3S. The van der Waals surface area contributed by atoms with Gasteiger partial charge in [0.25, 0.3) is 0 Å². The molecule has 2 aliphatic heterocycles. The van der Waals surface area contributed by atoms with Crippen molar-refractivity contribution < 1.29 is 13.2 Å². The molecule has 2 aliphatic rings. The SMILES string of the molecule is NS(=O)(=O)CC1CC2(CNC2)CO1. The molecule has 0 aromatic rings. The zero-order valence-electron chi connectivity index (χ0n) is 7.32. The summed E-state index contributed by atoms with van der Waals surface area (Å²) in [5.74, 6) is -0.0469. The van der Waals surface area contributed by atoms with Gasteiger partial charge in [0.05, 0.1) is 18.5 Å². The Hall–Kier alpha value is -0.170. The maximum absolute atomic E-state index is 10.8. The summed E-state index contributed by atoms with van der Waals surface area (Å²) in [5, 5.41) is 8.11. The molecule has 5 nitrogen and oxygen atoms in total. The van der Waals surface area contributed by atoms with E-state index in [0.29, 0.717) is 6.61 Å². The highest BCUT2D eigenvalue weighted by molar-refractivity contribution is 7.89.